The number of carbonyl (C=O) groups is 3. The molecule has 2 aromatic rings. The van der Waals surface area contributed by atoms with Crippen LogP contribution in [0, 0.1) is 0 Å². The van der Waals surface area contributed by atoms with Gasteiger partial charge in [0.15, 0.2) is 0 Å². The second kappa shape index (κ2) is 8.24. The molecule has 1 aliphatic heterocycles. The van der Waals surface area contributed by atoms with Crippen LogP contribution in [0.2, 0.25) is 0 Å². The fourth-order valence-electron chi connectivity index (χ4n) is 3.29. The fraction of sp³-hybridized carbons (Fsp3) is 0.400. The Hall–Kier alpha value is -3.16. The van der Waals surface area contributed by atoms with E-state index in [1.54, 1.807) is 6.07 Å². The molecule has 8 heteroatoms. The zero-order valence-corrected chi connectivity index (χ0v) is 16.0. The molecule has 0 unspecified atom stereocenters. The molecule has 0 saturated carbocycles. The second-order valence-electron chi connectivity index (χ2n) is 6.54. The number of benzene rings is 1. The van der Waals surface area contributed by atoms with Gasteiger partial charge in [0, 0.05) is 56.2 Å². The van der Waals surface area contributed by atoms with E-state index in [0.29, 0.717) is 11.0 Å². The Morgan fingerprint density at radius 1 is 1.11 bits per heavy atom. The standard InChI is InChI=1S/C20H23N3O5/c1-3-22(4-2)14-6-5-13-11-15(20(27)28-16(13)12-14)19(26)21-9-10-23-17(24)7-8-18(23)25/h5-6,11-12H,3-4,7-10H2,1-2H3,(H,21,26). The number of fused-ring (bicyclic) bond motifs is 1. The highest BCUT2D eigenvalue weighted by atomic mass is 16.4. The van der Waals surface area contributed by atoms with Gasteiger partial charge in [-0.1, -0.05) is 0 Å². The van der Waals surface area contributed by atoms with Gasteiger partial charge in [0.2, 0.25) is 11.8 Å². The maximum Gasteiger partial charge on any atom is 0.349 e. The van der Waals surface area contributed by atoms with Crippen LogP contribution in [0.15, 0.2) is 33.5 Å². The van der Waals surface area contributed by atoms with E-state index in [-0.39, 0.29) is 43.3 Å². The van der Waals surface area contributed by atoms with E-state index in [1.807, 2.05) is 26.0 Å². The van der Waals surface area contributed by atoms with Crippen molar-refractivity contribution in [2.24, 2.45) is 0 Å². The quantitative estimate of drug-likeness (QED) is 0.573. The highest BCUT2D eigenvalue weighted by Crippen LogP contribution is 2.22. The summed E-state index contributed by atoms with van der Waals surface area (Å²) in [4.78, 5) is 51.0. The maximum atomic E-state index is 12.3. The van der Waals surface area contributed by atoms with Gasteiger partial charge in [-0.05, 0) is 32.0 Å². The van der Waals surface area contributed by atoms with Crippen molar-refractivity contribution < 1.29 is 18.8 Å². The molecule has 0 bridgehead atoms. The van der Waals surface area contributed by atoms with Gasteiger partial charge in [-0.15, -0.1) is 0 Å². The number of amides is 3. The highest BCUT2D eigenvalue weighted by molar-refractivity contribution is 6.02. The molecule has 28 heavy (non-hydrogen) atoms. The molecular weight excluding hydrogens is 362 g/mol. The average Bonchev–Trinajstić information content (AvgIpc) is 3.00. The van der Waals surface area contributed by atoms with Gasteiger partial charge in [-0.2, -0.15) is 0 Å². The van der Waals surface area contributed by atoms with Gasteiger partial charge in [-0.25, -0.2) is 4.79 Å². The summed E-state index contributed by atoms with van der Waals surface area (Å²) in [5.41, 5.74) is 0.522. The van der Waals surface area contributed by atoms with Gasteiger partial charge in [0.1, 0.15) is 11.1 Å². The predicted octanol–water partition coefficient (Wildman–Crippen LogP) is 1.52. The van der Waals surface area contributed by atoms with E-state index in [4.69, 9.17) is 4.42 Å². The molecule has 3 rings (SSSR count). The largest absolute Gasteiger partial charge is 0.422 e. The minimum Gasteiger partial charge on any atom is -0.422 e. The van der Waals surface area contributed by atoms with Crippen LogP contribution in [-0.4, -0.2) is 48.8 Å². The Morgan fingerprint density at radius 2 is 1.79 bits per heavy atom. The molecule has 2 heterocycles. The summed E-state index contributed by atoms with van der Waals surface area (Å²) in [6.45, 7) is 5.91. The molecule has 1 fully saturated rings. The van der Waals surface area contributed by atoms with Crippen molar-refractivity contribution in [1.29, 1.82) is 0 Å². The van der Waals surface area contributed by atoms with Crippen LogP contribution < -0.4 is 15.8 Å². The van der Waals surface area contributed by atoms with Crippen molar-refractivity contribution in [2.75, 3.05) is 31.1 Å². The van der Waals surface area contributed by atoms with Crippen molar-refractivity contribution in [3.8, 4) is 0 Å². The molecule has 0 spiro atoms. The van der Waals surface area contributed by atoms with Crippen LogP contribution in [0.3, 0.4) is 0 Å². The first-order valence-electron chi connectivity index (χ1n) is 9.38. The van der Waals surface area contributed by atoms with Crippen LogP contribution in [0.1, 0.15) is 37.0 Å². The van der Waals surface area contributed by atoms with Crippen LogP contribution in [0.4, 0.5) is 5.69 Å². The lowest BCUT2D eigenvalue weighted by Gasteiger charge is -2.21. The number of hydrogen-bond donors (Lipinski definition) is 1. The molecular formula is C20H23N3O5. The molecule has 8 nitrogen and oxygen atoms in total. The first-order chi connectivity index (χ1) is 13.4. The molecule has 0 radical (unpaired) electrons. The third-order valence-electron chi connectivity index (χ3n) is 4.87. The van der Waals surface area contributed by atoms with Gasteiger partial charge in [0.25, 0.3) is 5.91 Å². The topological polar surface area (TPSA) is 99.9 Å². The minimum absolute atomic E-state index is 0.0781. The smallest absolute Gasteiger partial charge is 0.349 e. The van der Waals surface area contributed by atoms with Crippen LogP contribution >= 0.6 is 0 Å². The van der Waals surface area contributed by atoms with Crippen LogP contribution in [0.5, 0.6) is 0 Å². The molecule has 1 N–H and O–H groups in total. The Labute approximate surface area is 162 Å². The van der Waals surface area contributed by atoms with Crippen molar-refractivity contribution >= 4 is 34.4 Å². The van der Waals surface area contributed by atoms with Gasteiger partial charge in [0.05, 0.1) is 0 Å². The first-order valence-corrected chi connectivity index (χ1v) is 9.38. The first kappa shape index (κ1) is 19.6. The Bertz CT molecular complexity index is 961. The molecule has 1 aromatic carbocycles. The molecule has 0 aliphatic carbocycles. The second-order valence-corrected chi connectivity index (χ2v) is 6.54. The van der Waals surface area contributed by atoms with E-state index in [9.17, 15) is 19.2 Å². The molecule has 3 amide bonds. The summed E-state index contributed by atoms with van der Waals surface area (Å²) in [6, 6.07) is 7.01. The number of imide groups is 1. The van der Waals surface area contributed by atoms with E-state index < -0.39 is 11.5 Å². The Kier molecular flexibility index (Phi) is 5.77. The summed E-state index contributed by atoms with van der Waals surface area (Å²) < 4.78 is 5.35. The number of nitrogens with zero attached hydrogens (tertiary/aromatic N) is 2. The third kappa shape index (κ3) is 3.90. The highest BCUT2D eigenvalue weighted by Gasteiger charge is 2.28. The third-order valence-corrected chi connectivity index (χ3v) is 4.87. The number of anilines is 1. The fourth-order valence-corrected chi connectivity index (χ4v) is 3.29. The summed E-state index contributed by atoms with van der Waals surface area (Å²) in [7, 11) is 0. The SMILES string of the molecule is CCN(CC)c1ccc2cc(C(=O)NCCN3C(=O)CCC3=O)c(=O)oc2c1. The summed E-state index contributed by atoms with van der Waals surface area (Å²) >= 11 is 0. The number of hydrogen-bond acceptors (Lipinski definition) is 6. The number of nitrogens with one attached hydrogen (secondary N) is 1. The Balaban J connectivity index is 1.73. The summed E-state index contributed by atoms with van der Waals surface area (Å²) in [5, 5.41) is 3.21. The minimum atomic E-state index is -0.727. The molecule has 148 valence electrons. The lowest BCUT2D eigenvalue weighted by atomic mass is 10.1. The van der Waals surface area contributed by atoms with E-state index in [2.05, 4.69) is 10.2 Å². The average molecular weight is 385 g/mol. The van der Waals surface area contributed by atoms with Gasteiger partial charge in [-0.3, -0.25) is 19.3 Å². The Morgan fingerprint density at radius 3 is 2.43 bits per heavy atom. The zero-order chi connectivity index (χ0) is 20.3. The molecule has 0 atom stereocenters. The van der Waals surface area contributed by atoms with E-state index in [0.717, 1.165) is 23.7 Å². The van der Waals surface area contributed by atoms with Crippen LogP contribution in [0.25, 0.3) is 11.0 Å². The molecule has 1 aromatic heterocycles. The van der Waals surface area contributed by atoms with Crippen molar-refractivity contribution in [3.05, 3.63) is 40.2 Å². The maximum absolute atomic E-state index is 12.3. The lowest BCUT2D eigenvalue weighted by Crippen LogP contribution is -2.38. The normalized spacial score (nSPS) is 14.0. The van der Waals surface area contributed by atoms with Gasteiger partial charge < -0.3 is 14.6 Å². The van der Waals surface area contributed by atoms with Gasteiger partial charge >= 0.3 is 5.63 Å². The summed E-state index contributed by atoms with van der Waals surface area (Å²) in [6.07, 6.45) is 0.410. The van der Waals surface area contributed by atoms with E-state index >= 15 is 0 Å². The summed E-state index contributed by atoms with van der Waals surface area (Å²) in [5.74, 6) is -1.08. The van der Waals surface area contributed by atoms with Crippen molar-refractivity contribution in [3.63, 3.8) is 0 Å². The van der Waals surface area contributed by atoms with Crippen LogP contribution in [-0.2, 0) is 9.59 Å². The predicted molar refractivity (Wildman–Crippen MR) is 104 cm³/mol. The van der Waals surface area contributed by atoms with Crippen molar-refractivity contribution in [1.82, 2.24) is 10.2 Å². The number of likely N-dealkylation sites (tertiary alicyclic amines) is 1. The molecule has 1 saturated heterocycles. The zero-order valence-electron chi connectivity index (χ0n) is 16.0. The number of rotatable bonds is 7. The monoisotopic (exact) mass is 385 g/mol. The van der Waals surface area contributed by atoms with E-state index in [1.165, 1.54) is 6.07 Å². The number of carbonyl (C=O) groups excluding carboxylic acids is 3. The van der Waals surface area contributed by atoms with Crippen molar-refractivity contribution in [2.45, 2.75) is 26.7 Å². The lowest BCUT2D eigenvalue weighted by molar-refractivity contribution is -0.138. The molecule has 1 aliphatic rings.